The number of rotatable bonds is 17. The molecule has 0 heterocycles. The first-order chi connectivity index (χ1) is 14.8. The van der Waals surface area contributed by atoms with Gasteiger partial charge < -0.3 is 20.4 Å². The van der Waals surface area contributed by atoms with E-state index in [4.69, 9.17) is 0 Å². The zero-order valence-electron chi connectivity index (χ0n) is 20.4. The number of thioether (sulfide) groups is 2. The van der Waals surface area contributed by atoms with E-state index in [-0.39, 0.29) is 20.7 Å². The van der Waals surface area contributed by atoms with Gasteiger partial charge in [0.1, 0.15) is 0 Å². The molecule has 6 atom stereocenters. The summed E-state index contributed by atoms with van der Waals surface area (Å²) in [6.45, 7) is 13.1. The Morgan fingerprint density at radius 2 is 0.844 bits per heavy atom. The van der Waals surface area contributed by atoms with Crippen LogP contribution in [-0.4, -0.2) is 115 Å². The molecule has 32 heavy (non-hydrogen) atoms. The number of carbonyl (C=O) groups excluding carboxylic acids is 2. The molecule has 4 N–H and O–H groups in total. The van der Waals surface area contributed by atoms with Gasteiger partial charge in [-0.25, -0.2) is 0 Å². The van der Waals surface area contributed by atoms with Gasteiger partial charge in [-0.2, -0.15) is 0 Å². The minimum absolute atomic E-state index is 0.0265. The maximum atomic E-state index is 12.4. The number of nitrogens with zero attached hydrogens (tertiary/aromatic N) is 2. The van der Waals surface area contributed by atoms with Crippen molar-refractivity contribution in [3.8, 4) is 0 Å². The Balaban J connectivity index is 4.45. The molecule has 0 fully saturated rings. The number of hydrogen-bond acceptors (Lipinski definition) is 10. The molecule has 0 aromatic heterocycles. The third kappa shape index (κ3) is 17.3. The maximum absolute atomic E-state index is 12.4. The van der Waals surface area contributed by atoms with E-state index in [1.165, 1.54) is 23.5 Å². The van der Waals surface area contributed by atoms with Crippen LogP contribution in [0.4, 0.5) is 0 Å². The van der Waals surface area contributed by atoms with E-state index >= 15 is 0 Å². The van der Waals surface area contributed by atoms with Crippen molar-refractivity contribution in [1.82, 2.24) is 9.80 Å². The average molecular weight is 497 g/mol. The van der Waals surface area contributed by atoms with Crippen LogP contribution in [0.2, 0.25) is 0 Å². The van der Waals surface area contributed by atoms with Crippen LogP contribution in [0, 0.1) is 0 Å². The summed E-state index contributed by atoms with van der Waals surface area (Å²) in [5.74, 6) is 0. The SMILES string of the molecule is CC(O)CN(CCC(=O)SC(C)C(C)SC(=O)CCN(CC(C)O)CC(C)O)CC(C)O. The first-order valence-electron chi connectivity index (χ1n) is 11.4. The van der Waals surface area contributed by atoms with Crippen molar-refractivity contribution < 1.29 is 30.0 Å². The third-order valence-corrected chi connectivity index (χ3v) is 7.32. The normalized spacial score (nSPS) is 17.8. The summed E-state index contributed by atoms with van der Waals surface area (Å²) < 4.78 is 0. The van der Waals surface area contributed by atoms with Gasteiger partial charge in [0, 0.05) is 62.6 Å². The van der Waals surface area contributed by atoms with Crippen LogP contribution in [0.3, 0.4) is 0 Å². The van der Waals surface area contributed by atoms with E-state index in [1.807, 2.05) is 23.6 Å². The molecule has 0 aliphatic rings. The van der Waals surface area contributed by atoms with Crippen LogP contribution >= 0.6 is 23.5 Å². The van der Waals surface area contributed by atoms with Crippen LogP contribution in [0.25, 0.3) is 0 Å². The predicted octanol–water partition coefficient (Wildman–Crippen LogP) is 1.19. The summed E-state index contributed by atoms with van der Waals surface area (Å²) in [6, 6.07) is 0. The van der Waals surface area contributed by atoms with Crippen LogP contribution in [0.5, 0.6) is 0 Å². The van der Waals surface area contributed by atoms with E-state index < -0.39 is 24.4 Å². The summed E-state index contributed by atoms with van der Waals surface area (Å²) in [5, 5.41) is 38.3. The number of hydrogen-bond donors (Lipinski definition) is 4. The highest BCUT2D eigenvalue weighted by molar-refractivity contribution is 8.17. The van der Waals surface area contributed by atoms with E-state index in [0.29, 0.717) is 52.1 Å². The van der Waals surface area contributed by atoms with E-state index in [1.54, 1.807) is 27.7 Å². The van der Waals surface area contributed by atoms with Gasteiger partial charge in [0.05, 0.1) is 24.4 Å². The Morgan fingerprint density at radius 3 is 1.06 bits per heavy atom. The first-order valence-corrected chi connectivity index (χ1v) is 13.1. The molecule has 0 aromatic carbocycles. The Bertz CT molecular complexity index is 469. The molecule has 8 nitrogen and oxygen atoms in total. The molecule has 6 unspecified atom stereocenters. The van der Waals surface area contributed by atoms with Crippen molar-refractivity contribution in [2.45, 2.75) is 89.3 Å². The highest BCUT2D eigenvalue weighted by Gasteiger charge is 2.22. The van der Waals surface area contributed by atoms with Crippen molar-refractivity contribution >= 4 is 33.8 Å². The number of aliphatic hydroxyl groups excluding tert-OH is 4. The summed E-state index contributed by atoms with van der Waals surface area (Å²) in [5.41, 5.74) is 0. The molecule has 0 aliphatic carbocycles. The second-order valence-corrected chi connectivity index (χ2v) is 11.7. The van der Waals surface area contributed by atoms with Crippen LogP contribution < -0.4 is 0 Å². The lowest BCUT2D eigenvalue weighted by molar-refractivity contribution is -0.112. The fourth-order valence-electron chi connectivity index (χ4n) is 3.23. The second-order valence-electron chi connectivity index (χ2n) is 8.81. The Kier molecular flexibility index (Phi) is 17.2. The van der Waals surface area contributed by atoms with E-state index in [2.05, 4.69) is 0 Å². The van der Waals surface area contributed by atoms with Gasteiger partial charge in [-0.05, 0) is 27.7 Å². The molecule has 0 aromatic rings. The van der Waals surface area contributed by atoms with Crippen LogP contribution in [0.1, 0.15) is 54.4 Å². The minimum atomic E-state index is -0.532. The molecule has 0 radical (unpaired) electrons. The van der Waals surface area contributed by atoms with Gasteiger partial charge in [-0.1, -0.05) is 37.4 Å². The van der Waals surface area contributed by atoms with Gasteiger partial charge >= 0.3 is 0 Å². The highest BCUT2D eigenvalue weighted by Crippen LogP contribution is 2.27. The lowest BCUT2D eigenvalue weighted by Gasteiger charge is -2.25. The quantitative estimate of drug-likeness (QED) is 0.234. The van der Waals surface area contributed by atoms with Gasteiger partial charge in [0.2, 0.25) is 0 Å². The molecule has 0 amide bonds. The first kappa shape index (κ1) is 31.8. The molecule has 10 heteroatoms. The standard InChI is InChI=1S/C22H44N2O6S2/c1-15(25)11-23(12-16(2)26)9-7-21(29)31-19(5)20(6)32-22(30)8-10-24(13-17(3)27)14-18(4)28/h15-20,25-28H,7-14H2,1-6H3. The molecule has 0 bridgehead atoms. The zero-order chi connectivity index (χ0) is 24.8. The molecule has 0 spiro atoms. The molecule has 0 saturated heterocycles. The van der Waals surface area contributed by atoms with Crippen molar-refractivity contribution in [1.29, 1.82) is 0 Å². The van der Waals surface area contributed by atoms with Crippen molar-refractivity contribution in [2.24, 2.45) is 0 Å². The van der Waals surface area contributed by atoms with Crippen LogP contribution in [-0.2, 0) is 9.59 Å². The fraction of sp³-hybridized carbons (Fsp3) is 0.909. The average Bonchev–Trinajstić information content (AvgIpc) is 2.62. The van der Waals surface area contributed by atoms with Gasteiger partial charge in [-0.3, -0.25) is 19.4 Å². The van der Waals surface area contributed by atoms with Crippen molar-refractivity contribution in [2.75, 3.05) is 39.3 Å². The molecule has 0 aliphatic heterocycles. The summed E-state index contributed by atoms with van der Waals surface area (Å²) in [6.07, 6.45) is -1.50. The fourth-order valence-corrected chi connectivity index (χ4v) is 5.20. The van der Waals surface area contributed by atoms with E-state index in [0.717, 1.165) is 0 Å². The Labute approximate surface area is 202 Å². The van der Waals surface area contributed by atoms with Gasteiger partial charge in [0.25, 0.3) is 0 Å². The zero-order valence-corrected chi connectivity index (χ0v) is 22.1. The Hall–Kier alpha value is -0.200. The molecule has 0 rings (SSSR count). The third-order valence-electron chi connectivity index (χ3n) is 4.65. The van der Waals surface area contributed by atoms with Crippen LogP contribution in [0.15, 0.2) is 0 Å². The second kappa shape index (κ2) is 17.3. The number of carbonyl (C=O) groups is 2. The highest BCUT2D eigenvalue weighted by atomic mass is 32.2. The smallest absolute Gasteiger partial charge is 0.190 e. The van der Waals surface area contributed by atoms with Crippen molar-refractivity contribution in [3.63, 3.8) is 0 Å². The number of aliphatic hydroxyl groups is 4. The van der Waals surface area contributed by atoms with Crippen molar-refractivity contribution in [3.05, 3.63) is 0 Å². The molecule has 0 saturated carbocycles. The van der Waals surface area contributed by atoms with Gasteiger partial charge in [-0.15, -0.1) is 0 Å². The molecule has 190 valence electrons. The molecular weight excluding hydrogens is 452 g/mol. The summed E-state index contributed by atoms with van der Waals surface area (Å²) in [7, 11) is 0. The Morgan fingerprint density at radius 1 is 0.594 bits per heavy atom. The topological polar surface area (TPSA) is 122 Å². The maximum Gasteiger partial charge on any atom is 0.190 e. The lowest BCUT2D eigenvalue weighted by atomic mass is 10.3. The summed E-state index contributed by atoms with van der Waals surface area (Å²) >= 11 is 2.46. The largest absolute Gasteiger partial charge is 0.392 e. The van der Waals surface area contributed by atoms with Gasteiger partial charge in [0.15, 0.2) is 10.2 Å². The summed E-state index contributed by atoms with van der Waals surface area (Å²) in [4.78, 5) is 28.6. The minimum Gasteiger partial charge on any atom is -0.392 e. The molecular formula is C22H44N2O6S2. The van der Waals surface area contributed by atoms with E-state index in [9.17, 15) is 30.0 Å². The monoisotopic (exact) mass is 496 g/mol. The lowest BCUT2D eigenvalue weighted by Crippen LogP contribution is -2.37. The predicted molar refractivity (Wildman–Crippen MR) is 133 cm³/mol.